The molecule has 0 aliphatic heterocycles. The van der Waals surface area contributed by atoms with E-state index in [1.807, 2.05) is 6.07 Å². The van der Waals surface area contributed by atoms with Crippen molar-refractivity contribution in [3.05, 3.63) is 35.9 Å². The maximum absolute atomic E-state index is 5.81. The molecule has 0 fully saturated rings. The zero-order valence-electron chi connectivity index (χ0n) is 12.9. The van der Waals surface area contributed by atoms with Crippen molar-refractivity contribution < 1.29 is 0 Å². The van der Waals surface area contributed by atoms with E-state index >= 15 is 0 Å². The van der Waals surface area contributed by atoms with Gasteiger partial charge in [0.05, 0.1) is 4.99 Å². The molecule has 0 bridgehead atoms. The molecule has 1 aromatic carbocycles. The van der Waals surface area contributed by atoms with E-state index in [1.54, 1.807) is 0 Å². The van der Waals surface area contributed by atoms with Gasteiger partial charge in [0.25, 0.3) is 0 Å². The lowest BCUT2D eigenvalue weighted by molar-refractivity contribution is 0.182. The monoisotopic (exact) mass is 293 g/mol. The van der Waals surface area contributed by atoms with Crippen molar-refractivity contribution in [3.8, 4) is 0 Å². The van der Waals surface area contributed by atoms with E-state index in [4.69, 9.17) is 18.0 Å². The van der Waals surface area contributed by atoms with Crippen LogP contribution in [0.25, 0.3) is 0 Å². The topological polar surface area (TPSA) is 32.5 Å². The third-order valence-electron chi connectivity index (χ3n) is 3.36. The fraction of sp³-hybridized carbons (Fsp3) is 0.562. The molecule has 0 saturated carbocycles. The molecule has 1 atom stereocenters. The Bertz CT molecular complexity index is 392. The van der Waals surface area contributed by atoms with Gasteiger partial charge >= 0.3 is 0 Å². The first kappa shape index (κ1) is 17.1. The number of nitrogens with two attached hydrogens (primary N) is 1. The van der Waals surface area contributed by atoms with Gasteiger partial charge in [-0.05, 0) is 32.6 Å². The molecular formula is C16H27N3S. The van der Waals surface area contributed by atoms with E-state index in [-0.39, 0.29) is 6.04 Å². The first-order chi connectivity index (χ1) is 9.54. The minimum Gasteiger partial charge on any atom is -0.393 e. The van der Waals surface area contributed by atoms with Gasteiger partial charge in [-0.15, -0.1) is 0 Å². The maximum Gasteiger partial charge on any atom is 0.0746 e. The second-order valence-corrected chi connectivity index (χ2v) is 5.96. The smallest absolute Gasteiger partial charge is 0.0746 e. The molecule has 0 aliphatic rings. The third kappa shape index (κ3) is 5.99. The van der Waals surface area contributed by atoms with Crippen LogP contribution in [0.15, 0.2) is 30.3 Å². The second kappa shape index (κ2) is 9.06. The zero-order chi connectivity index (χ0) is 15.0. The van der Waals surface area contributed by atoms with E-state index in [1.165, 1.54) is 5.56 Å². The number of thiocarbonyl (C=S) groups is 1. The number of hydrogen-bond donors (Lipinski definition) is 1. The van der Waals surface area contributed by atoms with Gasteiger partial charge in [-0.2, -0.15) is 0 Å². The zero-order valence-corrected chi connectivity index (χ0v) is 13.7. The molecule has 0 spiro atoms. The van der Waals surface area contributed by atoms with Crippen LogP contribution in [-0.4, -0.2) is 48.5 Å². The number of likely N-dealkylation sites (N-methyl/N-ethyl adjacent to an activating group) is 1. The number of rotatable bonds is 9. The SMILES string of the molecule is CCCN(CCN(C)C)C(CC(N)=S)c1ccccc1. The molecule has 0 heterocycles. The Hall–Kier alpha value is -0.970. The lowest BCUT2D eigenvalue weighted by Crippen LogP contribution is -2.37. The summed E-state index contributed by atoms with van der Waals surface area (Å²) < 4.78 is 0. The first-order valence-electron chi connectivity index (χ1n) is 7.26. The van der Waals surface area contributed by atoms with Gasteiger partial charge in [-0.3, -0.25) is 4.90 Å². The summed E-state index contributed by atoms with van der Waals surface area (Å²) in [5, 5.41) is 0. The van der Waals surface area contributed by atoms with E-state index in [0.717, 1.165) is 32.5 Å². The highest BCUT2D eigenvalue weighted by Crippen LogP contribution is 2.24. The van der Waals surface area contributed by atoms with Crippen molar-refractivity contribution in [1.82, 2.24) is 9.80 Å². The average molecular weight is 293 g/mol. The van der Waals surface area contributed by atoms with Crippen molar-refractivity contribution in [3.63, 3.8) is 0 Å². The second-order valence-electron chi connectivity index (χ2n) is 5.44. The average Bonchev–Trinajstić information content (AvgIpc) is 2.41. The lowest BCUT2D eigenvalue weighted by atomic mass is 10.0. The summed E-state index contributed by atoms with van der Waals surface area (Å²) in [5.74, 6) is 0. The van der Waals surface area contributed by atoms with Gasteiger partial charge in [0, 0.05) is 25.6 Å². The molecule has 0 saturated heterocycles. The molecule has 112 valence electrons. The molecule has 20 heavy (non-hydrogen) atoms. The van der Waals surface area contributed by atoms with Crippen molar-refractivity contribution in [2.24, 2.45) is 5.73 Å². The molecule has 1 aromatic rings. The minimum absolute atomic E-state index is 0.286. The molecular weight excluding hydrogens is 266 g/mol. The van der Waals surface area contributed by atoms with Crippen LogP contribution in [0.5, 0.6) is 0 Å². The van der Waals surface area contributed by atoms with Crippen molar-refractivity contribution in [2.45, 2.75) is 25.8 Å². The Balaban J connectivity index is 2.89. The Kier molecular flexibility index (Phi) is 7.73. The number of nitrogens with zero attached hydrogens (tertiary/aromatic N) is 2. The largest absolute Gasteiger partial charge is 0.393 e. The van der Waals surface area contributed by atoms with Crippen LogP contribution in [-0.2, 0) is 0 Å². The summed E-state index contributed by atoms with van der Waals surface area (Å²) in [6, 6.07) is 10.8. The van der Waals surface area contributed by atoms with E-state index < -0.39 is 0 Å². The van der Waals surface area contributed by atoms with Gasteiger partial charge < -0.3 is 10.6 Å². The highest BCUT2D eigenvalue weighted by Gasteiger charge is 2.20. The Morgan fingerprint density at radius 1 is 1.15 bits per heavy atom. The quantitative estimate of drug-likeness (QED) is 0.710. The van der Waals surface area contributed by atoms with Crippen LogP contribution in [0.2, 0.25) is 0 Å². The standard InChI is InChI=1S/C16H27N3S/c1-4-10-19(12-11-18(2)3)15(13-16(17)20)14-8-6-5-7-9-14/h5-9,15H,4,10-13H2,1-3H3,(H2,17,20). The normalized spacial score (nSPS) is 12.8. The van der Waals surface area contributed by atoms with Crippen LogP contribution in [0, 0.1) is 0 Å². The van der Waals surface area contributed by atoms with Gasteiger partial charge in [-0.1, -0.05) is 49.5 Å². The molecule has 0 amide bonds. The number of benzene rings is 1. The summed E-state index contributed by atoms with van der Waals surface area (Å²) in [6.07, 6.45) is 1.88. The third-order valence-corrected chi connectivity index (χ3v) is 3.53. The van der Waals surface area contributed by atoms with Crippen LogP contribution < -0.4 is 5.73 Å². The summed E-state index contributed by atoms with van der Waals surface area (Å²) >= 11 is 5.15. The molecule has 0 aliphatic carbocycles. The molecule has 0 radical (unpaired) electrons. The summed E-state index contributed by atoms with van der Waals surface area (Å²) in [7, 11) is 4.21. The minimum atomic E-state index is 0.286. The van der Waals surface area contributed by atoms with Crippen LogP contribution in [0.1, 0.15) is 31.4 Å². The Morgan fingerprint density at radius 2 is 1.80 bits per heavy atom. The molecule has 0 aromatic heterocycles. The Morgan fingerprint density at radius 3 is 2.30 bits per heavy atom. The fourth-order valence-electron chi connectivity index (χ4n) is 2.36. The van der Waals surface area contributed by atoms with E-state index in [2.05, 4.69) is 55.1 Å². The molecule has 3 nitrogen and oxygen atoms in total. The molecule has 2 N–H and O–H groups in total. The van der Waals surface area contributed by atoms with Crippen LogP contribution >= 0.6 is 12.2 Å². The maximum atomic E-state index is 5.81. The molecule has 4 heteroatoms. The van der Waals surface area contributed by atoms with Gasteiger partial charge in [0.15, 0.2) is 0 Å². The fourth-order valence-corrected chi connectivity index (χ4v) is 2.52. The van der Waals surface area contributed by atoms with Gasteiger partial charge in [-0.25, -0.2) is 0 Å². The molecule has 1 unspecified atom stereocenters. The van der Waals surface area contributed by atoms with Crippen LogP contribution in [0.3, 0.4) is 0 Å². The van der Waals surface area contributed by atoms with Crippen LogP contribution in [0.4, 0.5) is 0 Å². The summed E-state index contributed by atoms with van der Waals surface area (Å²) in [5.41, 5.74) is 7.11. The van der Waals surface area contributed by atoms with Crippen molar-refractivity contribution in [1.29, 1.82) is 0 Å². The van der Waals surface area contributed by atoms with E-state index in [9.17, 15) is 0 Å². The van der Waals surface area contributed by atoms with Crippen molar-refractivity contribution in [2.75, 3.05) is 33.7 Å². The van der Waals surface area contributed by atoms with Crippen molar-refractivity contribution >= 4 is 17.2 Å². The van der Waals surface area contributed by atoms with Gasteiger partial charge in [0.2, 0.25) is 0 Å². The predicted octanol–water partition coefficient (Wildman–Crippen LogP) is 2.68. The summed E-state index contributed by atoms with van der Waals surface area (Å²) in [6.45, 7) is 5.35. The predicted molar refractivity (Wildman–Crippen MR) is 91.0 cm³/mol. The Labute approximate surface area is 128 Å². The highest BCUT2D eigenvalue weighted by atomic mass is 32.1. The highest BCUT2D eigenvalue weighted by molar-refractivity contribution is 7.80. The van der Waals surface area contributed by atoms with Gasteiger partial charge in [0.1, 0.15) is 0 Å². The summed E-state index contributed by atoms with van der Waals surface area (Å²) in [4.78, 5) is 5.30. The number of hydrogen-bond acceptors (Lipinski definition) is 3. The van der Waals surface area contributed by atoms with E-state index in [0.29, 0.717) is 4.99 Å². The first-order valence-corrected chi connectivity index (χ1v) is 7.67. The lowest BCUT2D eigenvalue weighted by Gasteiger charge is -2.32. The molecule has 1 rings (SSSR count).